The predicted molar refractivity (Wildman–Crippen MR) is 87.7 cm³/mol. The minimum Gasteiger partial charge on any atom is -0.481 e. The first kappa shape index (κ1) is 17.3. The SMILES string of the molecule is CCCCCCNC(=NCc1cccc(OC)n1)NCC. The van der Waals surface area contributed by atoms with Crippen LogP contribution in [0.2, 0.25) is 0 Å². The monoisotopic (exact) mass is 292 g/mol. The number of pyridine rings is 1. The molecule has 0 unspecified atom stereocenters. The summed E-state index contributed by atoms with van der Waals surface area (Å²) in [5.41, 5.74) is 0.900. The van der Waals surface area contributed by atoms with E-state index in [9.17, 15) is 0 Å². The number of ether oxygens (including phenoxy) is 1. The van der Waals surface area contributed by atoms with Crippen LogP contribution in [-0.2, 0) is 6.54 Å². The van der Waals surface area contributed by atoms with Crippen molar-refractivity contribution in [2.45, 2.75) is 46.1 Å². The molecule has 21 heavy (non-hydrogen) atoms. The summed E-state index contributed by atoms with van der Waals surface area (Å²) in [5, 5.41) is 6.61. The number of aromatic nitrogens is 1. The van der Waals surface area contributed by atoms with Crippen LogP contribution in [0, 0.1) is 0 Å². The van der Waals surface area contributed by atoms with Crippen molar-refractivity contribution in [2.24, 2.45) is 4.99 Å². The smallest absolute Gasteiger partial charge is 0.213 e. The quantitative estimate of drug-likeness (QED) is 0.417. The van der Waals surface area contributed by atoms with Crippen molar-refractivity contribution < 1.29 is 4.74 Å². The van der Waals surface area contributed by atoms with Gasteiger partial charge in [-0.05, 0) is 19.4 Å². The summed E-state index contributed by atoms with van der Waals surface area (Å²) in [6, 6.07) is 5.73. The van der Waals surface area contributed by atoms with Gasteiger partial charge >= 0.3 is 0 Å². The zero-order valence-electron chi connectivity index (χ0n) is 13.5. The topological polar surface area (TPSA) is 58.5 Å². The molecule has 0 aliphatic rings. The van der Waals surface area contributed by atoms with E-state index >= 15 is 0 Å². The fraction of sp³-hybridized carbons (Fsp3) is 0.625. The maximum Gasteiger partial charge on any atom is 0.213 e. The van der Waals surface area contributed by atoms with Gasteiger partial charge in [-0.25, -0.2) is 9.98 Å². The van der Waals surface area contributed by atoms with Crippen LogP contribution in [0.4, 0.5) is 0 Å². The van der Waals surface area contributed by atoms with Crippen LogP contribution in [-0.4, -0.2) is 31.1 Å². The second-order valence-corrected chi connectivity index (χ2v) is 4.85. The molecule has 0 bridgehead atoms. The molecule has 0 fully saturated rings. The van der Waals surface area contributed by atoms with Crippen LogP contribution in [0.15, 0.2) is 23.2 Å². The predicted octanol–water partition coefficient (Wildman–Crippen LogP) is 2.73. The van der Waals surface area contributed by atoms with E-state index in [0.29, 0.717) is 12.4 Å². The lowest BCUT2D eigenvalue weighted by molar-refractivity contribution is 0.396. The molecule has 1 aromatic heterocycles. The Balaban J connectivity index is 2.46. The van der Waals surface area contributed by atoms with Crippen LogP contribution in [0.5, 0.6) is 5.88 Å². The molecular formula is C16H28N4O. The summed E-state index contributed by atoms with van der Waals surface area (Å²) in [5.74, 6) is 1.47. The van der Waals surface area contributed by atoms with E-state index in [-0.39, 0.29) is 0 Å². The third kappa shape index (κ3) is 7.54. The maximum atomic E-state index is 5.12. The van der Waals surface area contributed by atoms with Gasteiger partial charge in [0.05, 0.1) is 19.3 Å². The van der Waals surface area contributed by atoms with E-state index < -0.39 is 0 Å². The second kappa shape index (κ2) is 10.9. The highest BCUT2D eigenvalue weighted by Crippen LogP contribution is 2.07. The van der Waals surface area contributed by atoms with E-state index in [2.05, 4.69) is 34.5 Å². The third-order valence-electron chi connectivity index (χ3n) is 3.06. The first-order valence-corrected chi connectivity index (χ1v) is 7.82. The first-order chi connectivity index (χ1) is 10.3. The Labute approximate surface area is 128 Å². The molecule has 0 saturated carbocycles. The van der Waals surface area contributed by atoms with Crippen molar-refractivity contribution in [1.29, 1.82) is 0 Å². The van der Waals surface area contributed by atoms with E-state index in [0.717, 1.165) is 24.7 Å². The molecular weight excluding hydrogens is 264 g/mol. The molecule has 0 aliphatic heterocycles. The normalized spacial score (nSPS) is 11.3. The fourth-order valence-electron chi connectivity index (χ4n) is 1.92. The summed E-state index contributed by atoms with van der Waals surface area (Å²) in [6.07, 6.45) is 4.99. The molecule has 0 atom stereocenters. The Bertz CT molecular complexity index is 420. The Morgan fingerprint density at radius 3 is 2.76 bits per heavy atom. The van der Waals surface area contributed by atoms with Gasteiger partial charge in [0.25, 0.3) is 0 Å². The van der Waals surface area contributed by atoms with E-state index in [1.165, 1.54) is 25.7 Å². The molecule has 1 heterocycles. The lowest BCUT2D eigenvalue weighted by Crippen LogP contribution is -2.37. The number of nitrogens with zero attached hydrogens (tertiary/aromatic N) is 2. The van der Waals surface area contributed by atoms with Crippen molar-refractivity contribution >= 4 is 5.96 Å². The number of guanidine groups is 1. The minimum absolute atomic E-state index is 0.543. The number of methoxy groups -OCH3 is 1. The van der Waals surface area contributed by atoms with Gasteiger partial charge in [0.1, 0.15) is 0 Å². The molecule has 5 nitrogen and oxygen atoms in total. The number of hydrogen-bond acceptors (Lipinski definition) is 3. The lowest BCUT2D eigenvalue weighted by atomic mass is 10.2. The Morgan fingerprint density at radius 1 is 1.19 bits per heavy atom. The Hall–Kier alpha value is -1.78. The highest BCUT2D eigenvalue weighted by Gasteiger charge is 1.99. The maximum absolute atomic E-state index is 5.12. The van der Waals surface area contributed by atoms with Gasteiger partial charge < -0.3 is 15.4 Å². The number of aliphatic imine (C=N–C) groups is 1. The van der Waals surface area contributed by atoms with Gasteiger partial charge in [-0.2, -0.15) is 0 Å². The molecule has 0 aliphatic carbocycles. The summed E-state index contributed by atoms with van der Waals surface area (Å²) < 4.78 is 5.12. The summed E-state index contributed by atoms with van der Waals surface area (Å²) >= 11 is 0. The van der Waals surface area contributed by atoms with Crippen molar-refractivity contribution in [3.05, 3.63) is 23.9 Å². The van der Waals surface area contributed by atoms with Crippen LogP contribution in [0.1, 0.15) is 45.2 Å². The van der Waals surface area contributed by atoms with Crippen LogP contribution < -0.4 is 15.4 Å². The molecule has 0 radical (unpaired) electrons. The number of rotatable bonds is 9. The fourth-order valence-corrected chi connectivity index (χ4v) is 1.92. The molecule has 1 rings (SSSR count). The van der Waals surface area contributed by atoms with Crippen molar-refractivity contribution in [1.82, 2.24) is 15.6 Å². The number of nitrogens with one attached hydrogen (secondary N) is 2. The molecule has 0 aromatic carbocycles. The van der Waals surface area contributed by atoms with Crippen molar-refractivity contribution in [3.63, 3.8) is 0 Å². The summed E-state index contributed by atoms with van der Waals surface area (Å²) in [7, 11) is 1.62. The number of unbranched alkanes of at least 4 members (excludes halogenated alkanes) is 3. The molecule has 0 saturated heterocycles. The van der Waals surface area contributed by atoms with Gasteiger partial charge in [0, 0.05) is 19.2 Å². The van der Waals surface area contributed by atoms with E-state index in [4.69, 9.17) is 4.74 Å². The molecule has 0 spiro atoms. The molecule has 1 aromatic rings. The van der Waals surface area contributed by atoms with Gasteiger partial charge in [-0.1, -0.05) is 32.3 Å². The highest BCUT2D eigenvalue weighted by atomic mass is 16.5. The van der Waals surface area contributed by atoms with Crippen molar-refractivity contribution in [3.8, 4) is 5.88 Å². The Kier molecular flexibility index (Phi) is 9.00. The molecule has 5 heteroatoms. The zero-order valence-corrected chi connectivity index (χ0v) is 13.5. The molecule has 2 N–H and O–H groups in total. The Morgan fingerprint density at radius 2 is 2.05 bits per heavy atom. The van der Waals surface area contributed by atoms with Crippen molar-refractivity contribution in [2.75, 3.05) is 20.2 Å². The van der Waals surface area contributed by atoms with Gasteiger partial charge in [0.2, 0.25) is 5.88 Å². The van der Waals surface area contributed by atoms with Crippen LogP contribution >= 0.6 is 0 Å². The molecule has 0 amide bonds. The average molecular weight is 292 g/mol. The lowest BCUT2D eigenvalue weighted by Gasteiger charge is -2.11. The summed E-state index contributed by atoms with van der Waals surface area (Å²) in [4.78, 5) is 8.91. The minimum atomic E-state index is 0.543. The number of hydrogen-bond donors (Lipinski definition) is 2. The zero-order chi connectivity index (χ0) is 15.3. The van der Waals surface area contributed by atoms with E-state index in [1.54, 1.807) is 7.11 Å². The standard InChI is InChI=1S/C16H28N4O/c1-4-6-7-8-12-18-16(17-5-2)19-13-14-10-9-11-15(20-14)21-3/h9-11H,4-8,12-13H2,1-3H3,(H2,17,18,19). The summed E-state index contributed by atoms with van der Waals surface area (Å²) in [6.45, 7) is 6.64. The second-order valence-electron chi connectivity index (χ2n) is 4.85. The highest BCUT2D eigenvalue weighted by molar-refractivity contribution is 5.79. The van der Waals surface area contributed by atoms with Gasteiger partial charge in [-0.3, -0.25) is 0 Å². The van der Waals surface area contributed by atoms with Gasteiger partial charge in [0.15, 0.2) is 5.96 Å². The first-order valence-electron chi connectivity index (χ1n) is 7.82. The largest absolute Gasteiger partial charge is 0.481 e. The van der Waals surface area contributed by atoms with Gasteiger partial charge in [-0.15, -0.1) is 0 Å². The van der Waals surface area contributed by atoms with Crippen LogP contribution in [0.25, 0.3) is 0 Å². The molecule has 118 valence electrons. The third-order valence-corrected chi connectivity index (χ3v) is 3.06. The van der Waals surface area contributed by atoms with E-state index in [1.807, 2.05) is 18.2 Å². The average Bonchev–Trinajstić information content (AvgIpc) is 2.52. The van der Waals surface area contributed by atoms with Crippen LogP contribution in [0.3, 0.4) is 0 Å².